The molecule has 3 heterocycles. The van der Waals surface area contributed by atoms with Crippen LogP contribution in [0.1, 0.15) is 25.5 Å². The molecule has 1 aromatic heterocycles. The van der Waals surface area contributed by atoms with Crippen molar-refractivity contribution < 1.29 is 4.79 Å². The molecule has 3 N–H and O–H groups in total. The van der Waals surface area contributed by atoms with Gasteiger partial charge in [0.05, 0.1) is 5.69 Å². The molecule has 0 spiro atoms. The number of likely N-dealkylation sites (tertiary alicyclic amines) is 1. The minimum atomic E-state index is -0.0378. The summed E-state index contributed by atoms with van der Waals surface area (Å²) in [5.74, 6) is 2.01. The van der Waals surface area contributed by atoms with Crippen molar-refractivity contribution in [3.05, 3.63) is 36.0 Å². The smallest absolute Gasteiger partial charge is 0.323 e. The van der Waals surface area contributed by atoms with Crippen molar-refractivity contribution >= 4 is 11.8 Å². The molecule has 2 saturated heterocycles. The predicted molar refractivity (Wildman–Crippen MR) is 111 cm³/mol. The number of carbonyl (C=O) groups is 1. The molecule has 2 unspecified atom stereocenters. The summed E-state index contributed by atoms with van der Waals surface area (Å²) in [5, 5.41) is 7.65. The summed E-state index contributed by atoms with van der Waals surface area (Å²) in [6.07, 6.45) is 2.07. The van der Waals surface area contributed by atoms with Gasteiger partial charge in [-0.2, -0.15) is 5.10 Å². The van der Waals surface area contributed by atoms with Gasteiger partial charge >= 0.3 is 6.03 Å². The number of aryl methyl sites for hydroxylation is 2. The number of nitrogens with zero attached hydrogens (tertiary/aromatic N) is 3. The van der Waals surface area contributed by atoms with Crippen LogP contribution < -0.4 is 16.2 Å². The van der Waals surface area contributed by atoms with Gasteiger partial charge in [0.25, 0.3) is 0 Å². The Morgan fingerprint density at radius 1 is 1.21 bits per heavy atom. The normalized spacial score (nSPS) is 23.2. The number of urea groups is 1. The highest BCUT2D eigenvalue weighted by atomic mass is 16.2. The van der Waals surface area contributed by atoms with Gasteiger partial charge in [0.1, 0.15) is 5.82 Å². The SMILES string of the molecule is Cc1nn(C)c(NC(=O)N2CCC(C3NNCC3C)CC2)c1-c1ccccc1. The summed E-state index contributed by atoms with van der Waals surface area (Å²) < 4.78 is 1.76. The maximum atomic E-state index is 13.0. The van der Waals surface area contributed by atoms with Crippen molar-refractivity contribution in [3.8, 4) is 11.1 Å². The largest absolute Gasteiger partial charge is 0.324 e. The van der Waals surface area contributed by atoms with E-state index in [1.165, 1.54) is 0 Å². The van der Waals surface area contributed by atoms with Crippen molar-refractivity contribution in [3.63, 3.8) is 0 Å². The number of aromatic nitrogens is 2. The Balaban J connectivity index is 1.44. The van der Waals surface area contributed by atoms with E-state index in [4.69, 9.17) is 0 Å². The Kier molecular flexibility index (Phi) is 5.37. The van der Waals surface area contributed by atoms with Crippen molar-refractivity contribution in [1.29, 1.82) is 0 Å². The lowest BCUT2D eigenvalue weighted by molar-refractivity contribution is 0.162. The van der Waals surface area contributed by atoms with E-state index in [2.05, 4.69) is 40.3 Å². The minimum Gasteiger partial charge on any atom is -0.324 e. The van der Waals surface area contributed by atoms with E-state index < -0.39 is 0 Å². The molecule has 2 aromatic rings. The third-order valence-electron chi connectivity index (χ3n) is 6.15. The van der Waals surface area contributed by atoms with Crippen LogP contribution in [-0.2, 0) is 7.05 Å². The lowest BCUT2D eigenvalue weighted by atomic mass is 9.84. The summed E-state index contributed by atoms with van der Waals surface area (Å²) in [5.41, 5.74) is 9.65. The van der Waals surface area contributed by atoms with Crippen LogP contribution in [-0.4, -0.2) is 46.4 Å². The fourth-order valence-corrected chi connectivity index (χ4v) is 4.58. The molecule has 0 aliphatic carbocycles. The molecule has 1 aromatic carbocycles. The van der Waals surface area contributed by atoms with E-state index in [0.717, 1.165) is 55.1 Å². The predicted octanol–water partition coefficient (Wildman–Crippen LogP) is 2.75. The molecule has 2 atom stereocenters. The Labute approximate surface area is 166 Å². The topological polar surface area (TPSA) is 74.2 Å². The van der Waals surface area contributed by atoms with Crippen LogP contribution in [0.2, 0.25) is 0 Å². The molecule has 2 aliphatic rings. The van der Waals surface area contributed by atoms with E-state index >= 15 is 0 Å². The molecule has 7 heteroatoms. The molecule has 0 bridgehead atoms. The molecular weight excluding hydrogens is 352 g/mol. The van der Waals surface area contributed by atoms with Crippen molar-refractivity contribution in [2.75, 3.05) is 25.0 Å². The first kappa shape index (κ1) is 19.0. The number of piperidine rings is 1. The van der Waals surface area contributed by atoms with E-state index in [1.807, 2.05) is 37.1 Å². The van der Waals surface area contributed by atoms with E-state index in [-0.39, 0.29) is 6.03 Å². The molecule has 2 amide bonds. The Morgan fingerprint density at radius 2 is 1.93 bits per heavy atom. The van der Waals surface area contributed by atoms with E-state index in [0.29, 0.717) is 17.9 Å². The third kappa shape index (κ3) is 3.64. The summed E-state index contributed by atoms with van der Waals surface area (Å²) in [7, 11) is 1.88. The second-order valence-corrected chi connectivity index (χ2v) is 8.08. The number of carbonyl (C=O) groups excluding carboxylic acids is 1. The molecule has 4 rings (SSSR count). The molecule has 2 fully saturated rings. The quantitative estimate of drug-likeness (QED) is 0.763. The summed E-state index contributed by atoms with van der Waals surface area (Å²) in [4.78, 5) is 14.9. The third-order valence-corrected chi connectivity index (χ3v) is 6.15. The molecule has 0 saturated carbocycles. The maximum absolute atomic E-state index is 13.0. The molecule has 7 nitrogen and oxygen atoms in total. The fourth-order valence-electron chi connectivity index (χ4n) is 4.58. The first-order valence-corrected chi connectivity index (χ1v) is 10.2. The summed E-state index contributed by atoms with van der Waals surface area (Å²) in [6, 6.07) is 10.6. The molecule has 28 heavy (non-hydrogen) atoms. The molecule has 2 aliphatic heterocycles. The van der Waals surface area contributed by atoms with Gasteiger partial charge in [-0.15, -0.1) is 0 Å². The number of anilines is 1. The molecular formula is C21H30N6O. The van der Waals surface area contributed by atoms with Gasteiger partial charge in [-0.25, -0.2) is 4.79 Å². The number of hydrazine groups is 1. The van der Waals surface area contributed by atoms with Gasteiger partial charge in [-0.1, -0.05) is 37.3 Å². The molecule has 0 radical (unpaired) electrons. The van der Waals surface area contributed by atoms with E-state index in [1.54, 1.807) is 4.68 Å². The minimum absolute atomic E-state index is 0.0378. The lowest BCUT2D eigenvalue weighted by Crippen LogP contribution is -2.47. The van der Waals surface area contributed by atoms with Crippen LogP contribution in [0.5, 0.6) is 0 Å². The highest BCUT2D eigenvalue weighted by Gasteiger charge is 2.34. The number of benzene rings is 1. The first-order chi connectivity index (χ1) is 13.5. The van der Waals surface area contributed by atoms with Crippen LogP contribution in [0.4, 0.5) is 10.6 Å². The average molecular weight is 383 g/mol. The highest BCUT2D eigenvalue weighted by molar-refractivity contribution is 5.93. The second-order valence-electron chi connectivity index (χ2n) is 8.08. The first-order valence-electron chi connectivity index (χ1n) is 10.2. The van der Waals surface area contributed by atoms with Crippen LogP contribution in [0.25, 0.3) is 11.1 Å². The fraction of sp³-hybridized carbons (Fsp3) is 0.524. The number of amides is 2. The number of hydrogen-bond donors (Lipinski definition) is 3. The Hall–Kier alpha value is -2.38. The zero-order chi connectivity index (χ0) is 19.7. The monoisotopic (exact) mass is 382 g/mol. The second kappa shape index (κ2) is 7.93. The van der Waals surface area contributed by atoms with Crippen molar-refractivity contribution in [1.82, 2.24) is 25.5 Å². The standard InChI is InChI=1S/C21H30N6O/c1-14-13-22-24-19(14)17-9-11-27(12-10-17)21(28)23-20-18(15(2)25-26(20)3)16-7-5-4-6-8-16/h4-8,14,17,19,22,24H,9-13H2,1-3H3,(H,23,28). The Morgan fingerprint density at radius 3 is 2.57 bits per heavy atom. The highest BCUT2D eigenvalue weighted by Crippen LogP contribution is 2.32. The van der Waals surface area contributed by atoms with Crippen molar-refractivity contribution in [2.24, 2.45) is 18.9 Å². The van der Waals surface area contributed by atoms with Gasteiger partial charge < -0.3 is 4.90 Å². The van der Waals surface area contributed by atoms with Gasteiger partial charge in [-0.3, -0.25) is 20.9 Å². The van der Waals surface area contributed by atoms with Gasteiger partial charge in [0.2, 0.25) is 0 Å². The van der Waals surface area contributed by atoms with Gasteiger partial charge in [0.15, 0.2) is 0 Å². The van der Waals surface area contributed by atoms with Gasteiger partial charge in [-0.05, 0) is 37.2 Å². The van der Waals surface area contributed by atoms with Crippen LogP contribution in [0.15, 0.2) is 30.3 Å². The summed E-state index contributed by atoms with van der Waals surface area (Å²) >= 11 is 0. The molecule has 150 valence electrons. The summed E-state index contributed by atoms with van der Waals surface area (Å²) in [6.45, 7) is 6.87. The number of rotatable bonds is 3. The van der Waals surface area contributed by atoms with Crippen LogP contribution in [0, 0.1) is 18.8 Å². The van der Waals surface area contributed by atoms with E-state index in [9.17, 15) is 4.79 Å². The number of hydrogen-bond acceptors (Lipinski definition) is 4. The lowest BCUT2D eigenvalue weighted by Gasteiger charge is -2.35. The van der Waals surface area contributed by atoms with Crippen molar-refractivity contribution in [2.45, 2.75) is 32.7 Å². The average Bonchev–Trinajstić information content (AvgIpc) is 3.25. The maximum Gasteiger partial charge on any atom is 0.323 e. The van der Waals surface area contributed by atoms with Gasteiger partial charge in [0, 0.05) is 38.3 Å². The zero-order valence-corrected chi connectivity index (χ0v) is 16.9. The van der Waals surface area contributed by atoms with Crippen LogP contribution >= 0.6 is 0 Å². The zero-order valence-electron chi connectivity index (χ0n) is 16.9. The number of nitrogens with one attached hydrogen (secondary N) is 3. The Bertz CT molecular complexity index is 825. The van der Waals surface area contributed by atoms with Crippen LogP contribution in [0.3, 0.4) is 0 Å².